The number of carboxylic acid groups (broad SMARTS) is 1. The fourth-order valence-corrected chi connectivity index (χ4v) is 3.09. The topological polar surface area (TPSA) is 220 Å². The Bertz CT molecular complexity index is 761. The Labute approximate surface area is 188 Å². The number of amides is 3. The van der Waals surface area contributed by atoms with Crippen LogP contribution in [-0.4, -0.2) is 97.9 Å². The summed E-state index contributed by atoms with van der Waals surface area (Å²) in [6.45, 7) is 0.453. The van der Waals surface area contributed by atoms with Crippen molar-refractivity contribution in [1.29, 1.82) is 0 Å². The Kier molecular flexibility index (Phi) is 11.7. The molecule has 180 valence electrons. The van der Waals surface area contributed by atoms with Crippen LogP contribution < -0.4 is 21.7 Å². The molecule has 0 spiro atoms. The quantitative estimate of drug-likeness (QED) is 0.136. The Morgan fingerprint density at radius 2 is 1.78 bits per heavy atom. The molecule has 0 aliphatic rings. The number of thioether (sulfide) groups is 1. The zero-order chi connectivity index (χ0) is 24.3. The van der Waals surface area contributed by atoms with Crippen molar-refractivity contribution in [2.75, 3.05) is 18.6 Å². The molecular formula is C18H30N6O7S. The van der Waals surface area contributed by atoms with Crippen LogP contribution in [0.1, 0.15) is 19.0 Å². The van der Waals surface area contributed by atoms with E-state index < -0.39 is 60.6 Å². The zero-order valence-corrected chi connectivity index (χ0v) is 18.6. The fraction of sp³-hybridized carbons (Fsp3) is 0.611. The van der Waals surface area contributed by atoms with Gasteiger partial charge in [0.05, 0.1) is 25.1 Å². The summed E-state index contributed by atoms with van der Waals surface area (Å²) >= 11 is 1.40. The number of aliphatic carboxylic acids is 1. The lowest BCUT2D eigenvalue weighted by atomic mass is 10.1. The standard InChI is InChI=1S/C18H30N6O7S/c1-9(26)14(18(30)31)24-16(28)12(3-4-32-2)22-17(29)13(7-25)23-15(27)11(19)5-10-6-20-8-21-10/h6,8-9,11-14,25-26H,3-5,7,19H2,1-2H3,(H,20,21)(H,22,29)(H,23,27)(H,24,28)(H,30,31). The molecule has 32 heavy (non-hydrogen) atoms. The summed E-state index contributed by atoms with van der Waals surface area (Å²) in [7, 11) is 0. The van der Waals surface area contributed by atoms with E-state index in [1.807, 2.05) is 0 Å². The van der Waals surface area contributed by atoms with Gasteiger partial charge in [0.1, 0.15) is 12.1 Å². The second-order valence-corrected chi connectivity index (χ2v) is 8.02. The van der Waals surface area contributed by atoms with Crippen LogP contribution in [0.5, 0.6) is 0 Å². The summed E-state index contributed by atoms with van der Waals surface area (Å²) in [5.74, 6) is -3.34. The summed E-state index contributed by atoms with van der Waals surface area (Å²) in [4.78, 5) is 55.2. The number of rotatable bonds is 14. The van der Waals surface area contributed by atoms with Gasteiger partial charge < -0.3 is 42.0 Å². The molecular weight excluding hydrogens is 444 g/mol. The van der Waals surface area contributed by atoms with Gasteiger partial charge in [-0.1, -0.05) is 0 Å². The van der Waals surface area contributed by atoms with Gasteiger partial charge in [0.2, 0.25) is 17.7 Å². The number of imidazole rings is 1. The number of aliphatic hydroxyl groups is 2. The molecule has 1 aromatic heterocycles. The van der Waals surface area contributed by atoms with Crippen LogP contribution in [0.15, 0.2) is 12.5 Å². The van der Waals surface area contributed by atoms with Crippen molar-refractivity contribution in [3.8, 4) is 0 Å². The number of aromatic amines is 1. The minimum absolute atomic E-state index is 0.125. The number of hydrogen-bond acceptors (Lipinski definition) is 9. The Hall–Kier alpha value is -2.68. The van der Waals surface area contributed by atoms with Crippen LogP contribution in [0.3, 0.4) is 0 Å². The average Bonchev–Trinajstić information content (AvgIpc) is 3.24. The van der Waals surface area contributed by atoms with E-state index >= 15 is 0 Å². The number of carbonyl (C=O) groups excluding carboxylic acids is 3. The predicted octanol–water partition coefficient (Wildman–Crippen LogP) is -3.06. The van der Waals surface area contributed by atoms with Crippen LogP contribution in [0.25, 0.3) is 0 Å². The highest BCUT2D eigenvalue weighted by atomic mass is 32.2. The molecule has 0 aliphatic carbocycles. The summed E-state index contributed by atoms with van der Waals surface area (Å²) in [5, 5.41) is 35.2. The van der Waals surface area contributed by atoms with Crippen molar-refractivity contribution in [3.63, 3.8) is 0 Å². The molecule has 14 heteroatoms. The van der Waals surface area contributed by atoms with Gasteiger partial charge in [0.15, 0.2) is 6.04 Å². The van der Waals surface area contributed by atoms with Crippen molar-refractivity contribution < 1.29 is 34.5 Å². The molecule has 1 rings (SSSR count). The van der Waals surface area contributed by atoms with Gasteiger partial charge in [-0.2, -0.15) is 11.8 Å². The van der Waals surface area contributed by atoms with E-state index in [9.17, 15) is 29.4 Å². The normalized spacial score (nSPS) is 15.7. The molecule has 0 aromatic carbocycles. The third kappa shape index (κ3) is 8.82. The van der Waals surface area contributed by atoms with E-state index in [0.29, 0.717) is 11.4 Å². The average molecular weight is 475 g/mol. The van der Waals surface area contributed by atoms with E-state index in [1.54, 1.807) is 6.26 Å². The number of hydrogen-bond donors (Lipinski definition) is 8. The minimum atomic E-state index is -1.56. The van der Waals surface area contributed by atoms with E-state index in [-0.39, 0.29) is 12.8 Å². The van der Waals surface area contributed by atoms with Gasteiger partial charge in [-0.25, -0.2) is 9.78 Å². The van der Waals surface area contributed by atoms with Gasteiger partial charge in [0, 0.05) is 18.3 Å². The van der Waals surface area contributed by atoms with E-state index in [0.717, 1.165) is 0 Å². The van der Waals surface area contributed by atoms with Gasteiger partial charge in [-0.15, -0.1) is 0 Å². The summed E-state index contributed by atoms with van der Waals surface area (Å²) in [6, 6.07) is -5.12. The number of nitrogens with one attached hydrogen (secondary N) is 4. The Balaban J connectivity index is 2.79. The van der Waals surface area contributed by atoms with Gasteiger partial charge in [-0.05, 0) is 25.4 Å². The highest BCUT2D eigenvalue weighted by Gasteiger charge is 2.31. The number of aromatic nitrogens is 2. The maximum Gasteiger partial charge on any atom is 0.328 e. The first-order valence-electron chi connectivity index (χ1n) is 9.75. The Morgan fingerprint density at radius 1 is 1.16 bits per heavy atom. The summed E-state index contributed by atoms with van der Waals surface area (Å²) in [5.41, 5.74) is 6.43. The number of nitrogens with two attached hydrogens (primary N) is 1. The van der Waals surface area contributed by atoms with Crippen LogP contribution in [0.2, 0.25) is 0 Å². The van der Waals surface area contributed by atoms with Gasteiger partial charge in [-0.3, -0.25) is 14.4 Å². The maximum absolute atomic E-state index is 12.6. The molecule has 9 N–H and O–H groups in total. The van der Waals surface area contributed by atoms with Crippen molar-refractivity contribution >= 4 is 35.5 Å². The number of nitrogens with zero attached hydrogens (tertiary/aromatic N) is 1. The number of H-pyrrole nitrogens is 1. The van der Waals surface area contributed by atoms with Crippen molar-refractivity contribution in [2.24, 2.45) is 5.73 Å². The lowest BCUT2D eigenvalue weighted by Gasteiger charge is -2.25. The minimum Gasteiger partial charge on any atom is -0.480 e. The first-order chi connectivity index (χ1) is 15.1. The van der Waals surface area contributed by atoms with Crippen LogP contribution >= 0.6 is 11.8 Å². The van der Waals surface area contributed by atoms with Gasteiger partial charge in [0.25, 0.3) is 0 Å². The summed E-state index contributed by atoms with van der Waals surface area (Å²) < 4.78 is 0. The summed E-state index contributed by atoms with van der Waals surface area (Å²) in [6.07, 6.45) is 3.61. The van der Waals surface area contributed by atoms with Crippen LogP contribution in [0.4, 0.5) is 0 Å². The fourth-order valence-electron chi connectivity index (χ4n) is 2.62. The first kappa shape index (κ1) is 27.4. The molecule has 0 fully saturated rings. The van der Waals surface area contributed by atoms with E-state index in [2.05, 4.69) is 25.9 Å². The number of carboxylic acids is 1. The third-order valence-electron chi connectivity index (χ3n) is 4.44. The predicted molar refractivity (Wildman–Crippen MR) is 115 cm³/mol. The first-order valence-corrected chi connectivity index (χ1v) is 11.1. The lowest BCUT2D eigenvalue weighted by molar-refractivity contribution is -0.145. The van der Waals surface area contributed by atoms with Crippen LogP contribution in [0, 0.1) is 0 Å². The second kappa shape index (κ2) is 13.7. The molecule has 0 saturated carbocycles. The maximum atomic E-state index is 12.6. The molecule has 0 aliphatic heterocycles. The van der Waals surface area contributed by atoms with E-state index in [1.165, 1.54) is 31.2 Å². The molecule has 0 saturated heterocycles. The molecule has 13 nitrogen and oxygen atoms in total. The molecule has 5 atom stereocenters. The number of carbonyl (C=O) groups is 4. The third-order valence-corrected chi connectivity index (χ3v) is 5.08. The van der Waals surface area contributed by atoms with Crippen LogP contribution in [-0.2, 0) is 25.6 Å². The highest BCUT2D eigenvalue weighted by molar-refractivity contribution is 7.98. The molecule has 3 amide bonds. The largest absolute Gasteiger partial charge is 0.480 e. The van der Waals surface area contributed by atoms with Crippen molar-refractivity contribution in [2.45, 2.75) is 50.0 Å². The smallest absolute Gasteiger partial charge is 0.328 e. The van der Waals surface area contributed by atoms with Gasteiger partial charge >= 0.3 is 5.97 Å². The number of aliphatic hydroxyl groups excluding tert-OH is 2. The highest BCUT2D eigenvalue weighted by Crippen LogP contribution is 2.04. The molecule has 1 aromatic rings. The molecule has 0 bridgehead atoms. The van der Waals surface area contributed by atoms with E-state index in [4.69, 9.17) is 10.8 Å². The van der Waals surface area contributed by atoms with Crippen molar-refractivity contribution in [3.05, 3.63) is 18.2 Å². The van der Waals surface area contributed by atoms with Crippen molar-refractivity contribution in [1.82, 2.24) is 25.9 Å². The molecule has 5 unspecified atom stereocenters. The lowest BCUT2D eigenvalue weighted by Crippen LogP contribution is -2.59. The second-order valence-electron chi connectivity index (χ2n) is 7.04. The Morgan fingerprint density at radius 3 is 2.28 bits per heavy atom. The monoisotopic (exact) mass is 474 g/mol. The zero-order valence-electron chi connectivity index (χ0n) is 17.8. The molecule has 1 heterocycles. The SMILES string of the molecule is CSCCC(NC(=O)C(CO)NC(=O)C(N)Cc1cnc[nH]1)C(=O)NC(C(=O)O)C(C)O. The molecule has 0 radical (unpaired) electrons.